The normalized spacial score (nSPS) is 12.9. The Morgan fingerprint density at radius 2 is 1.77 bits per heavy atom. The van der Waals surface area contributed by atoms with Crippen molar-refractivity contribution in [2.45, 2.75) is 12.8 Å². The Bertz CT molecular complexity index is 733. The maximum Gasteiger partial charge on any atom is 0.233 e. The highest BCUT2D eigenvalue weighted by atomic mass is 35.5. The fourth-order valence-corrected chi connectivity index (χ4v) is 3.83. The second-order valence-corrected chi connectivity index (χ2v) is 7.44. The number of rotatable bonds is 6. The highest BCUT2D eigenvalue weighted by Crippen LogP contribution is 2.28. The van der Waals surface area contributed by atoms with E-state index in [-0.39, 0.29) is 11.7 Å². The average molecular weight is 357 g/mol. The zero-order chi connectivity index (χ0) is 16.2. The van der Waals surface area contributed by atoms with Crippen LogP contribution in [-0.2, 0) is 10.0 Å². The van der Waals surface area contributed by atoms with E-state index in [4.69, 9.17) is 23.2 Å². The van der Waals surface area contributed by atoms with E-state index >= 15 is 0 Å². The highest BCUT2D eigenvalue weighted by Gasteiger charge is 2.20. The molecule has 2 aromatic rings. The second-order valence-electron chi connectivity index (χ2n) is 4.86. The van der Waals surface area contributed by atoms with Crippen LogP contribution in [0.3, 0.4) is 0 Å². The SMILES string of the molecule is C[CH]C(CS(=O)(=O)Nc1ccccc1)c1ccc(Cl)c(Cl)c1. The molecule has 0 aliphatic carbocycles. The maximum absolute atomic E-state index is 12.3. The van der Waals surface area contributed by atoms with Gasteiger partial charge in [0.25, 0.3) is 0 Å². The molecule has 0 aliphatic heterocycles. The molecule has 0 heterocycles. The van der Waals surface area contributed by atoms with Crippen molar-refractivity contribution in [1.82, 2.24) is 0 Å². The van der Waals surface area contributed by atoms with Gasteiger partial charge in [-0.3, -0.25) is 4.72 Å². The van der Waals surface area contributed by atoms with E-state index in [0.29, 0.717) is 15.7 Å². The molecule has 0 fully saturated rings. The summed E-state index contributed by atoms with van der Waals surface area (Å²) in [4.78, 5) is 0. The third-order valence-electron chi connectivity index (χ3n) is 3.22. The van der Waals surface area contributed by atoms with Crippen molar-refractivity contribution in [2.24, 2.45) is 0 Å². The molecule has 2 rings (SSSR count). The minimum Gasteiger partial charge on any atom is -0.284 e. The van der Waals surface area contributed by atoms with Crippen LogP contribution < -0.4 is 4.72 Å². The predicted molar refractivity (Wildman–Crippen MR) is 93.0 cm³/mol. The van der Waals surface area contributed by atoms with Crippen molar-refractivity contribution in [3.63, 3.8) is 0 Å². The molecule has 2 aromatic carbocycles. The van der Waals surface area contributed by atoms with Crippen LogP contribution in [0.5, 0.6) is 0 Å². The first-order valence-corrected chi connectivity index (χ1v) is 9.12. The zero-order valence-electron chi connectivity index (χ0n) is 12.0. The lowest BCUT2D eigenvalue weighted by atomic mass is 9.99. The molecule has 0 aromatic heterocycles. The molecule has 0 bridgehead atoms. The first-order chi connectivity index (χ1) is 10.4. The molecule has 0 saturated carbocycles. The van der Waals surface area contributed by atoms with E-state index < -0.39 is 10.0 Å². The van der Waals surface area contributed by atoms with Crippen molar-refractivity contribution >= 4 is 38.9 Å². The zero-order valence-corrected chi connectivity index (χ0v) is 14.3. The van der Waals surface area contributed by atoms with E-state index in [0.717, 1.165) is 5.56 Å². The molecule has 1 radical (unpaired) electrons. The quantitative estimate of drug-likeness (QED) is 0.811. The molecule has 22 heavy (non-hydrogen) atoms. The standard InChI is InChI=1S/C16H16Cl2NO2S/c1-2-12(13-8-9-15(17)16(18)10-13)11-22(20,21)19-14-6-4-3-5-7-14/h2-10,12,19H,11H2,1H3. The van der Waals surface area contributed by atoms with Crippen LogP contribution in [0.15, 0.2) is 48.5 Å². The number of halogens is 2. The van der Waals surface area contributed by atoms with Crippen LogP contribution in [-0.4, -0.2) is 14.2 Å². The van der Waals surface area contributed by atoms with E-state index in [1.165, 1.54) is 0 Å². The Morgan fingerprint density at radius 3 is 2.36 bits per heavy atom. The lowest BCUT2D eigenvalue weighted by Crippen LogP contribution is -2.21. The second kappa shape index (κ2) is 7.36. The van der Waals surface area contributed by atoms with Gasteiger partial charge in [0, 0.05) is 11.6 Å². The summed E-state index contributed by atoms with van der Waals surface area (Å²) in [5, 5.41) is 0.866. The summed E-state index contributed by atoms with van der Waals surface area (Å²) in [6.07, 6.45) is 1.84. The summed E-state index contributed by atoms with van der Waals surface area (Å²) in [5.41, 5.74) is 1.36. The molecule has 0 spiro atoms. The van der Waals surface area contributed by atoms with Crippen molar-refractivity contribution in [3.8, 4) is 0 Å². The van der Waals surface area contributed by atoms with E-state index in [2.05, 4.69) is 4.72 Å². The van der Waals surface area contributed by atoms with Gasteiger partial charge >= 0.3 is 0 Å². The summed E-state index contributed by atoms with van der Waals surface area (Å²) >= 11 is 11.9. The van der Waals surface area contributed by atoms with Crippen LogP contribution in [0.1, 0.15) is 18.4 Å². The third-order valence-corrected chi connectivity index (χ3v) is 5.30. The largest absolute Gasteiger partial charge is 0.284 e. The molecule has 1 N–H and O–H groups in total. The van der Waals surface area contributed by atoms with Crippen LogP contribution in [0.25, 0.3) is 0 Å². The van der Waals surface area contributed by atoms with Gasteiger partial charge in [-0.1, -0.05) is 54.4 Å². The van der Waals surface area contributed by atoms with E-state index in [1.807, 2.05) is 19.4 Å². The van der Waals surface area contributed by atoms with Gasteiger partial charge in [0.2, 0.25) is 10.0 Å². The Kier molecular flexibility index (Phi) is 5.73. The molecular weight excluding hydrogens is 341 g/mol. The number of sulfonamides is 1. The summed E-state index contributed by atoms with van der Waals surface area (Å²) < 4.78 is 27.2. The fraction of sp³-hybridized carbons (Fsp3) is 0.188. The van der Waals surface area contributed by atoms with Gasteiger partial charge in [0.1, 0.15) is 0 Å². The van der Waals surface area contributed by atoms with Gasteiger partial charge in [0.05, 0.1) is 15.8 Å². The number of hydrogen-bond acceptors (Lipinski definition) is 2. The Morgan fingerprint density at radius 1 is 1.09 bits per heavy atom. The number of nitrogens with one attached hydrogen (secondary N) is 1. The first-order valence-electron chi connectivity index (χ1n) is 6.71. The minimum absolute atomic E-state index is 0.0592. The molecule has 0 saturated heterocycles. The molecule has 1 atom stereocenters. The van der Waals surface area contributed by atoms with Gasteiger partial charge in [0.15, 0.2) is 0 Å². The molecular formula is C16H16Cl2NO2S. The van der Waals surface area contributed by atoms with Crippen LogP contribution >= 0.6 is 23.2 Å². The van der Waals surface area contributed by atoms with Crippen molar-refractivity contribution in [3.05, 3.63) is 70.6 Å². The predicted octanol–water partition coefficient (Wildman–Crippen LogP) is 4.74. The van der Waals surface area contributed by atoms with Crippen molar-refractivity contribution in [2.75, 3.05) is 10.5 Å². The maximum atomic E-state index is 12.3. The summed E-state index contributed by atoms with van der Waals surface area (Å²) in [6, 6.07) is 14.0. The average Bonchev–Trinajstić information content (AvgIpc) is 2.48. The molecule has 1 unspecified atom stereocenters. The Hall–Kier alpha value is -1.23. The topological polar surface area (TPSA) is 46.2 Å². The molecule has 117 valence electrons. The molecule has 0 aliphatic rings. The Labute approximate surface area is 141 Å². The lowest BCUT2D eigenvalue weighted by molar-refractivity contribution is 0.596. The van der Waals surface area contributed by atoms with Crippen molar-refractivity contribution in [1.29, 1.82) is 0 Å². The van der Waals surface area contributed by atoms with Crippen LogP contribution in [0, 0.1) is 6.42 Å². The molecule has 3 nitrogen and oxygen atoms in total. The minimum atomic E-state index is -3.47. The van der Waals surface area contributed by atoms with Crippen LogP contribution in [0.4, 0.5) is 5.69 Å². The molecule has 0 amide bonds. The summed E-state index contributed by atoms with van der Waals surface area (Å²) in [6.45, 7) is 1.82. The van der Waals surface area contributed by atoms with Crippen LogP contribution in [0.2, 0.25) is 10.0 Å². The van der Waals surface area contributed by atoms with Gasteiger partial charge in [-0.25, -0.2) is 8.42 Å². The number of para-hydroxylation sites is 1. The summed E-state index contributed by atoms with van der Waals surface area (Å²) in [5.74, 6) is -0.327. The van der Waals surface area contributed by atoms with E-state index in [1.54, 1.807) is 42.5 Å². The smallest absolute Gasteiger partial charge is 0.233 e. The lowest BCUT2D eigenvalue weighted by Gasteiger charge is -2.17. The number of anilines is 1. The first kappa shape index (κ1) is 17.1. The monoisotopic (exact) mass is 356 g/mol. The summed E-state index contributed by atoms with van der Waals surface area (Å²) in [7, 11) is -3.47. The van der Waals surface area contributed by atoms with Crippen molar-refractivity contribution < 1.29 is 8.42 Å². The van der Waals surface area contributed by atoms with Gasteiger partial charge in [-0.15, -0.1) is 0 Å². The molecule has 6 heteroatoms. The van der Waals surface area contributed by atoms with Gasteiger partial charge in [-0.2, -0.15) is 0 Å². The van der Waals surface area contributed by atoms with Gasteiger partial charge < -0.3 is 0 Å². The Balaban J connectivity index is 2.16. The fourth-order valence-electron chi connectivity index (χ4n) is 2.09. The third kappa shape index (κ3) is 4.63. The number of hydrogen-bond donors (Lipinski definition) is 1. The highest BCUT2D eigenvalue weighted by molar-refractivity contribution is 7.92. The van der Waals surface area contributed by atoms with E-state index in [9.17, 15) is 8.42 Å². The number of benzene rings is 2. The van der Waals surface area contributed by atoms with Gasteiger partial charge in [-0.05, 0) is 36.2 Å².